The van der Waals surface area contributed by atoms with Crippen LogP contribution in [0.25, 0.3) is 17.1 Å². The van der Waals surface area contributed by atoms with Crippen molar-refractivity contribution in [2.24, 2.45) is 0 Å². The van der Waals surface area contributed by atoms with Gasteiger partial charge in [-0.05, 0) is 23.8 Å². The van der Waals surface area contributed by atoms with E-state index in [2.05, 4.69) is 10.1 Å². The molecule has 154 valence electrons. The number of carbonyl (C=O) groups is 1. The monoisotopic (exact) mass is 434 g/mol. The Morgan fingerprint density at radius 2 is 1.93 bits per heavy atom. The lowest BCUT2D eigenvalue weighted by atomic mass is 10.2. The molecule has 3 aromatic heterocycles. The van der Waals surface area contributed by atoms with E-state index >= 15 is 0 Å². The van der Waals surface area contributed by atoms with Crippen LogP contribution in [0, 0.1) is 0 Å². The van der Waals surface area contributed by atoms with E-state index in [9.17, 15) is 18.0 Å². The first kappa shape index (κ1) is 20.0. The Labute approximate surface area is 173 Å². The SMILES string of the molecule is CN(Cc1ccccc1)C(=O)c1nn2c(C(F)(F)F)cc(-c3ccco3)nc2c1Cl. The van der Waals surface area contributed by atoms with E-state index in [0.717, 1.165) is 11.6 Å². The number of rotatable bonds is 4. The number of aromatic nitrogens is 3. The van der Waals surface area contributed by atoms with Crippen LogP contribution in [0.4, 0.5) is 13.2 Å². The molecule has 0 radical (unpaired) electrons. The van der Waals surface area contributed by atoms with E-state index in [4.69, 9.17) is 16.0 Å². The Bertz CT molecular complexity index is 1200. The first-order valence-corrected chi connectivity index (χ1v) is 9.13. The van der Waals surface area contributed by atoms with Crippen molar-refractivity contribution in [2.45, 2.75) is 12.7 Å². The van der Waals surface area contributed by atoms with Gasteiger partial charge in [-0.2, -0.15) is 18.3 Å². The van der Waals surface area contributed by atoms with Crippen molar-refractivity contribution in [3.05, 3.63) is 76.8 Å². The van der Waals surface area contributed by atoms with E-state index in [1.54, 1.807) is 0 Å². The van der Waals surface area contributed by atoms with Crippen LogP contribution in [-0.2, 0) is 12.7 Å². The molecule has 0 N–H and O–H groups in total. The quantitative estimate of drug-likeness (QED) is 0.456. The van der Waals surface area contributed by atoms with Crippen molar-refractivity contribution in [3.63, 3.8) is 0 Å². The molecular formula is C20H14ClF3N4O2. The molecule has 0 spiro atoms. The fraction of sp³-hybridized carbons (Fsp3) is 0.150. The fourth-order valence-corrected chi connectivity index (χ4v) is 3.23. The summed E-state index contributed by atoms with van der Waals surface area (Å²) < 4.78 is 46.7. The lowest BCUT2D eigenvalue weighted by Gasteiger charge is -2.16. The number of hydrogen-bond donors (Lipinski definition) is 0. The Morgan fingerprint density at radius 3 is 2.57 bits per heavy atom. The van der Waals surface area contributed by atoms with Gasteiger partial charge in [0.25, 0.3) is 5.91 Å². The van der Waals surface area contributed by atoms with Crippen LogP contribution in [0.3, 0.4) is 0 Å². The van der Waals surface area contributed by atoms with Gasteiger partial charge < -0.3 is 9.32 Å². The molecule has 0 saturated heterocycles. The molecule has 10 heteroatoms. The Hall–Kier alpha value is -3.33. The van der Waals surface area contributed by atoms with Crippen LogP contribution in [0.1, 0.15) is 21.7 Å². The molecule has 6 nitrogen and oxygen atoms in total. The third kappa shape index (κ3) is 3.63. The minimum absolute atomic E-state index is 0.0711. The minimum Gasteiger partial charge on any atom is -0.463 e. The second-order valence-corrected chi connectivity index (χ2v) is 6.92. The molecule has 1 aromatic carbocycles. The lowest BCUT2D eigenvalue weighted by Crippen LogP contribution is -2.27. The van der Waals surface area contributed by atoms with Gasteiger partial charge in [-0.25, -0.2) is 9.50 Å². The van der Waals surface area contributed by atoms with Crippen LogP contribution >= 0.6 is 11.6 Å². The summed E-state index contributed by atoms with van der Waals surface area (Å²) in [5, 5.41) is 3.58. The maximum Gasteiger partial charge on any atom is 0.433 e. The van der Waals surface area contributed by atoms with Crippen molar-refractivity contribution in [1.29, 1.82) is 0 Å². The van der Waals surface area contributed by atoms with Crippen molar-refractivity contribution < 1.29 is 22.4 Å². The summed E-state index contributed by atoms with van der Waals surface area (Å²) in [7, 11) is 1.52. The Balaban J connectivity index is 1.80. The average Bonchev–Trinajstić information content (AvgIpc) is 3.35. The van der Waals surface area contributed by atoms with Gasteiger partial charge in [0.15, 0.2) is 22.8 Å². The van der Waals surface area contributed by atoms with Crippen molar-refractivity contribution >= 4 is 23.2 Å². The Kier molecular flexibility index (Phi) is 4.98. The molecule has 0 aliphatic carbocycles. The van der Waals surface area contributed by atoms with E-state index in [1.165, 1.54) is 30.3 Å². The summed E-state index contributed by atoms with van der Waals surface area (Å²) in [4.78, 5) is 18.3. The van der Waals surface area contributed by atoms with Gasteiger partial charge >= 0.3 is 6.18 Å². The fourth-order valence-electron chi connectivity index (χ4n) is 2.99. The van der Waals surface area contributed by atoms with Gasteiger partial charge in [-0.1, -0.05) is 41.9 Å². The van der Waals surface area contributed by atoms with Crippen molar-refractivity contribution in [1.82, 2.24) is 19.5 Å². The summed E-state index contributed by atoms with van der Waals surface area (Å²) in [6.07, 6.45) is -3.44. The molecule has 4 rings (SSSR count). The largest absolute Gasteiger partial charge is 0.463 e. The normalized spacial score (nSPS) is 11.8. The molecular weight excluding hydrogens is 421 g/mol. The second-order valence-electron chi connectivity index (χ2n) is 6.55. The van der Waals surface area contributed by atoms with E-state index in [1.807, 2.05) is 30.3 Å². The van der Waals surface area contributed by atoms with Crippen LogP contribution in [0.2, 0.25) is 5.02 Å². The second kappa shape index (κ2) is 7.49. The molecule has 0 fully saturated rings. The predicted molar refractivity (Wildman–Crippen MR) is 103 cm³/mol. The van der Waals surface area contributed by atoms with Gasteiger partial charge in [0.1, 0.15) is 10.7 Å². The molecule has 4 aromatic rings. The van der Waals surface area contributed by atoms with Crippen LogP contribution in [0.5, 0.6) is 0 Å². The highest BCUT2D eigenvalue weighted by Gasteiger charge is 2.37. The minimum atomic E-state index is -4.76. The van der Waals surface area contributed by atoms with E-state index in [-0.39, 0.29) is 34.4 Å². The highest BCUT2D eigenvalue weighted by Crippen LogP contribution is 2.34. The number of amides is 1. The topological polar surface area (TPSA) is 63.6 Å². The zero-order valence-corrected chi connectivity index (χ0v) is 16.3. The number of fused-ring (bicyclic) bond motifs is 1. The molecule has 0 bridgehead atoms. The molecule has 3 heterocycles. The number of furan rings is 1. The van der Waals surface area contributed by atoms with Crippen LogP contribution < -0.4 is 0 Å². The average molecular weight is 435 g/mol. The van der Waals surface area contributed by atoms with Gasteiger partial charge in [-0.15, -0.1) is 0 Å². The highest BCUT2D eigenvalue weighted by atomic mass is 35.5. The number of halogens is 4. The van der Waals surface area contributed by atoms with Gasteiger partial charge in [0.2, 0.25) is 0 Å². The Morgan fingerprint density at radius 1 is 1.20 bits per heavy atom. The smallest absolute Gasteiger partial charge is 0.433 e. The molecule has 0 atom stereocenters. The molecule has 1 amide bonds. The van der Waals surface area contributed by atoms with Crippen molar-refractivity contribution in [3.8, 4) is 11.5 Å². The molecule has 30 heavy (non-hydrogen) atoms. The predicted octanol–water partition coefficient (Wildman–Crippen LogP) is 4.93. The molecule has 0 aliphatic rings. The van der Waals surface area contributed by atoms with Crippen LogP contribution in [0.15, 0.2) is 59.2 Å². The number of alkyl halides is 3. The van der Waals surface area contributed by atoms with Gasteiger partial charge in [-0.3, -0.25) is 4.79 Å². The van der Waals surface area contributed by atoms with Gasteiger partial charge in [0, 0.05) is 13.6 Å². The zero-order valence-electron chi connectivity index (χ0n) is 15.5. The van der Waals surface area contributed by atoms with Gasteiger partial charge in [0.05, 0.1) is 6.26 Å². The maximum absolute atomic E-state index is 13.7. The summed E-state index contributed by atoms with van der Waals surface area (Å²) in [6, 6.07) is 12.9. The zero-order chi connectivity index (χ0) is 21.5. The van der Waals surface area contributed by atoms with E-state index in [0.29, 0.717) is 4.52 Å². The number of benzene rings is 1. The molecule has 0 unspecified atom stereocenters. The number of carbonyl (C=O) groups excluding carboxylic acids is 1. The number of hydrogen-bond acceptors (Lipinski definition) is 4. The van der Waals surface area contributed by atoms with E-state index < -0.39 is 17.8 Å². The lowest BCUT2D eigenvalue weighted by molar-refractivity contribution is -0.142. The first-order chi connectivity index (χ1) is 14.3. The number of nitrogens with zero attached hydrogens (tertiary/aromatic N) is 4. The van der Waals surface area contributed by atoms with Crippen molar-refractivity contribution in [2.75, 3.05) is 7.05 Å². The molecule has 0 aliphatic heterocycles. The third-order valence-corrected chi connectivity index (χ3v) is 4.76. The summed E-state index contributed by atoms with van der Waals surface area (Å²) in [5.74, 6) is -0.489. The standard InChI is InChI=1S/C20H14ClF3N4O2/c1-27(11-12-6-3-2-4-7-12)19(29)17-16(21)18-25-13(14-8-5-9-30-14)10-15(20(22,23)24)28(18)26-17/h2-10H,11H2,1H3. The summed E-state index contributed by atoms with van der Waals surface area (Å²) >= 11 is 6.26. The molecule has 0 saturated carbocycles. The summed E-state index contributed by atoms with van der Waals surface area (Å²) in [6.45, 7) is 0.237. The van der Waals surface area contributed by atoms with Crippen LogP contribution in [-0.4, -0.2) is 32.5 Å². The maximum atomic E-state index is 13.7. The highest BCUT2D eigenvalue weighted by molar-refractivity contribution is 6.36. The first-order valence-electron chi connectivity index (χ1n) is 8.75. The summed E-state index contributed by atoms with van der Waals surface area (Å²) in [5.41, 5.74) is -0.940. The third-order valence-electron chi connectivity index (χ3n) is 4.41.